The second-order valence-corrected chi connectivity index (χ2v) is 5.00. The lowest BCUT2D eigenvalue weighted by atomic mass is 10.0. The first-order valence-electron chi connectivity index (χ1n) is 7.29. The van der Waals surface area contributed by atoms with Crippen LogP contribution in [0.1, 0.15) is 64.7 Å². The number of aliphatic hydroxyl groups is 1. The van der Waals surface area contributed by atoms with E-state index in [1.165, 1.54) is 6.08 Å². The maximum Gasteiger partial charge on any atom is 0.331 e. The van der Waals surface area contributed by atoms with E-state index >= 15 is 0 Å². The van der Waals surface area contributed by atoms with Gasteiger partial charge in [-0.3, -0.25) is 4.79 Å². The molecule has 3 N–H and O–H groups in total. The number of carbonyl (C=O) groups is 2. The molecule has 0 heterocycles. The maximum absolute atomic E-state index is 10.9. The first kappa shape index (κ1) is 18.6. The molecule has 0 aliphatic rings. The Morgan fingerprint density at radius 3 is 2.20 bits per heavy atom. The molecule has 0 radical (unpaired) electrons. The van der Waals surface area contributed by atoms with Crippen LogP contribution in [0.25, 0.3) is 0 Å². The number of carboxylic acids is 2. The van der Waals surface area contributed by atoms with Crippen molar-refractivity contribution in [3.63, 3.8) is 0 Å². The molecule has 0 aromatic carbocycles. The molecule has 0 aromatic rings. The largest absolute Gasteiger partial charge is 0.481 e. The number of hydrogen-bond donors (Lipinski definition) is 3. The van der Waals surface area contributed by atoms with E-state index in [2.05, 4.69) is 0 Å². The van der Waals surface area contributed by atoms with Gasteiger partial charge >= 0.3 is 11.9 Å². The summed E-state index contributed by atoms with van der Waals surface area (Å²) in [6.07, 6.45) is 7.61. The highest BCUT2D eigenvalue weighted by molar-refractivity contribution is 5.87. The third-order valence-electron chi connectivity index (χ3n) is 3.25. The van der Waals surface area contributed by atoms with Crippen molar-refractivity contribution in [2.24, 2.45) is 0 Å². The van der Waals surface area contributed by atoms with E-state index in [1.807, 2.05) is 6.92 Å². The zero-order valence-electron chi connectivity index (χ0n) is 12.2. The molecule has 0 aromatic heterocycles. The van der Waals surface area contributed by atoms with Crippen LogP contribution in [0.5, 0.6) is 0 Å². The van der Waals surface area contributed by atoms with Crippen molar-refractivity contribution < 1.29 is 24.9 Å². The standard InChI is InChI=1S/C15H26O5/c1-2-13(16)9-7-5-3-4-6-8-12(15(19)20)10-11-14(17)18/h10,13,16H,2-9,11H2,1H3,(H,17,18)(H,19,20). The summed E-state index contributed by atoms with van der Waals surface area (Å²) in [5, 5.41) is 26.8. The normalized spacial score (nSPS) is 13.2. The van der Waals surface area contributed by atoms with Crippen LogP contribution < -0.4 is 0 Å². The van der Waals surface area contributed by atoms with Gasteiger partial charge in [-0.1, -0.05) is 38.7 Å². The molecule has 5 heteroatoms. The van der Waals surface area contributed by atoms with Gasteiger partial charge in [0.05, 0.1) is 12.5 Å². The molecular formula is C15H26O5. The number of carboxylic acid groups (broad SMARTS) is 2. The zero-order valence-corrected chi connectivity index (χ0v) is 12.2. The molecule has 0 aliphatic heterocycles. The van der Waals surface area contributed by atoms with Crippen molar-refractivity contribution in [1.29, 1.82) is 0 Å². The van der Waals surface area contributed by atoms with E-state index < -0.39 is 11.9 Å². The Bertz CT molecular complexity index is 322. The van der Waals surface area contributed by atoms with Crippen molar-refractivity contribution in [3.05, 3.63) is 11.6 Å². The Morgan fingerprint density at radius 1 is 1.05 bits per heavy atom. The monoisotopic (exact) mass is 286 g/mol. The predicted molar refractivity (Wildman–Crippen MR) is 76.6 cm³/mol. The van der Waals surface area contributed by atoms with Gasteiger partial charge in [0.1, 0.15) is 0 Å². The van der Waals surface area contributed by atoms with Gasteiger partial charge in [-0.2, -0.15) is 0 Å². The van der Waals surface area contributed by atoms with Crippen molar-refractivity contribution >= 4 is 11.9 Å². The van der Waals surface area contributed by atoms with Gasteiger partial charge in [0.2, 0.25) is 0 Å². The lowest BCUT2D eigenvalue weighted by Crippen LogP contribution is -2.03. The van der Waals surface area contributed by atoms with Gasteiger partial charge in [-0.05, 0) is 25.7 Å². The maximum atomic E-state index is 10.9. The summed E-state index contributed by atoms with van der Waals surface area (Å²) in [5.41, 5.74) is 0.189. The SMILES string of the molecule is CCC(O)CCCCCCCC(=CCC(=O)O)C(=O)O. The van der Waals surface area contributed by atoms with E-state index in [0.717, 1.165) is 44.9 Å². The summed E-state index contributed by atoms with van der Waals surface area (Å²) in [6, 6.07) is 0. The third-order valence-corrected chi connectivity index (χ3v) is 3.25. The van der Waals surface area contributed by atoms with Crippen molar-refractivity contribution in [2.75, 3.05) is 0 Å². The average molecular weight is 286 g/mol. The summed E-state index contributed by atoms with van der Waals surface area (Å²) in [4.78, 5) is 21.3. The van der Waals surface area contributed by atoms with Crippen molar-refractivity contribution in [2.45, 2.75) is 70.8 Å². The van der Waals surface area contributed by atoms with Crippen molar-refractivity contribution in [1.82, 2.24) is 0 Å². The first-order valence-corrected chi connectivity index (χ1v) is 7.29. The molecule has 0 fully saturated rings. The molecule has 1 atom stereocenters. The summed E-state index contributed by atoms with van der Waals surface area (Å²) >= 11 is 0. The van der Waals surface area contributed by atoms with Crippen LogP contribution in [0.4, 0.5) is 0 Å². The summed E-state index contributed by atoms with van der Waals surface area (Å²) in [7, 11) is 0. The van der Waals surface area contributed by atoms with Crippen LogP contribution in [0.3, 0.4) is 0 Å². The van der Waals surface area contributed by atoms with Crippen LogP contribution >= 0.6 is 0 Å². The lowest BCUT2D eigenvalue weighted by molar-refractivity contribution is -0.136. The Kier molecular flexibility index (Phi) is 10.7. The van der Waals surface area contributed by atoms with Gasteiger partial charge in [-0.25, -0.2) is 4.79 Å². The zero-order chi connectivity index (χ0) is 15.4. The molecule has 0 saturated carbocycles. The van der Waals surface area contributed by atoms with Gasteiger partial charge in [0, 0.05) is 5.57 Å². The van der Waals surface area contributed by atoms with Crippen LogP contribution in [-0.2, 0) is 9.59 Å². The number of rotatable bonds is 12. The minimum atomic E-state index is -1.03. The molecular weight excluding hydrogens is 260 g/mol. The summed E-state index contributed by atoms with van der Waals surface area (Å²) < 4.78 is 0. The van der Waals surface area contributed by atoms with E-state index in [-0.39, 0.29) is 18.1 Å². The van der Waals surface area contributed by atoms with Gasteiger partial charge in [0.25, 0.3) is 0 Å². The average Bonchev–Trinajstić information content (AvgIpc) is 2.39. The minimum Gasteiger partial charge on any atom is -0.481 e. The van der Waals surface area contributed by atoms with Crippen LogP contribution in [0.2, 0.25) is 0 Å². The van der Waals surface area contributed by atoms with Gasteiger partial charge < -0.3 is 15.3 Å². The van der Waals surface area contributed by atoms with Crippen LogP contribution in [0.15, 0.2) is 11.6 Å². The summed E-state index contributed by atoms with van der Waals surface area (Å²) in [6.45, 7) is 1.96. The highest BCUT2D eigenvalue weighted by Crippen LogP contribution is 2.13. The lowest BCUT2D eigenvalue weighted by Gasteiger charge is -2.07. The van der Waals surface area contributed by atoms with E-state index in [0.29, 0.717) is 6.42 Å². The molecule has 5 nitrogen and oxygen atoms in total. The number of hydrogen-bond acceptors (Lipinski definition) is 3. The molecule has 0 saturated heterocycles. The highest BCUT2D eigenvalue weighted by atomic mass is 16.4. The van der Waals surface area contributed by atoms with E-state index in [9.17, 15) is 14.7 Å². The Labute approximate surface area is 120 Å². The Hall–Kier alpha value is -1.36. The van der Waals surface area contributed by atoms with Crippen molar-refractivity contribution in [3.8, 4) is 0 Å². The second kappa shape index (κ2) is 11.5. The number of unbranched alkanes of at least 4 members (excludes halogenated alkanes) is 4. The molecule has 0 rings (SSSR count). The second-order valence-electron chi connectivity index (χ2n) is 5.00. The van der Waals surface area contributed by atoms with Gasteiger partial charge in [0.15, 0.2) is 0 Å². The molecule has 0 aliphatic carbocycles. The highest BCUT2D eigenvalue weighted by Gasteiger charge is 2.07. The quantitative estimate of drug-likeness (QED) is 0.379. The third kappa shape index (κ3) is 10.6. The van der Waals surface area contributed by atoms with E-state index in [4.69, 9.17) is 10.2 Å². The Morgan fingerprint density at radius 2 is 1.65 bits per heavy atom. The fraction of sp³-hybridized carbons (Fsp3) is 0.733. The number of aliphatic hydroxyl groups excluding tert-OH is 1. The molecule has 0 amide bonds. The molecule has 1 unspecified atom stereocenters. The van der Waals surface area contributed by atoms with Crippen LogP contribution in [-0.4, -0.2) is 33.4 Å². The number of aliphatic carboxylic acids is 2. The molecule has 0 spiro atoms. The van der Waals surface area contributed by atoms with E-state index in [1.54, 1.807) is 0 Å². The fourth-order valence-corrected chi connectivity index (χ4v) is 1.94. The summed E-state index contributed by atoms with van der Waals surface area (Å²) in [5.74, 6) is -2.05. The smallest absolute Gasteiger partial charge is 0.331 e. The minimum absolute atomic E-state index is 0.189. The molecule has 0 bridgehead atoms. The molecule has 116 valence electrons. The van der Waals surface area contributed by atoms with Gasteiger partial charge in [-0.15, -0.1) is 0 Å². The molecule has 20 heavy (non-hydrogen) atoms. The predicted octanol–water partition coefficient (Wildman–Crippen LogP) is 2.97. The Balaban J connectivity index is 3.72. The van der Waals surface area contributed by atoms with Crippen LogP contribution in [0, 0.1) is 0 Å². The first-order chi connectivity index (χ1) is 9.47. The topological polar surface area (TPSA) is 94.8 Å². The fourth-order valence-electron chi connectivity index (χ4n) is 1.94.